The summed E-state index contributed by atoms with van der Waals surface area (Å²) in [5.74, 6) is 1.63. The summed E-state index contributed by atoms with van der Waals surface area (Å²) in [6, 6.07) is 11.9. The van der Waals surface area contributed by atoms with E-state index in [1.165, 1.54) is 11.1 Å². The molecule has 0 spiro atoms. The Bertz CT molecular complexity index is 1090. The minimum Gasteiger partial charge on any atom is -0.337 e. The van der Waals surface area contributed by atoms with Crippen LogP contribution in [0.2, 0.25) is 0 Å². The number of piperidine rings is 2. The monoisotopic (exact) mass is 489 g/mol. The van der Waals surface area contributed by atoms with Gasteiger partial charge in [0.1, 0.15) is 11.9 Å². The average molecular weight is 490 g/mol. The molecule has 2 fully saturated rings. The zero-order valence-corrected chi connectivity index (χ0v) is 20.8. The van der Waals surface area contributed by atoms with Gasteiger partial charge >= 0.3 is 0 Å². The van der Waals surface area contributed by atoms with E-state index in [1.54, 1.807) is 12.3 Å². The van der Waals surface area contributed by atoms with Crippen molar-refractivity contribution in [2.45, 2.75) is 44.9 Å². The first-order valence-electron chi connectivity index (χ1n) is 13.2. The SMILES string of the molecule is N#Cc1ccc(N(CCC2(Cc3cccc4c3CCOO4)CCNCC2)C(=O)C2CCNCC2)nc1. The van der Waals surface area contributed by atoms with Gasteiger partial charge in [0.2, 0.25) is 5.91 Å². The second-order valence-corrected chi connectivity index (χ2v) is 10.3. The van der Waals surface area contributed by atoms with E-state index in [1.807, 2.05) is 23.1 Å². The number of hydrogen-bond acceptors (Lipinski definition) is 7. The third-order valence-corrected chi connectivity index (χ3v) is 8.02. The Balaban J connectivity index is 1.39. The number of nitriles is 1. The van der Waals surface area contributed by atoms with Crippen LogP contribution in [0.25, 0.3) is 0 Å². The zero-order chi connectivity index (χ0) is 24.8. The molecule has 3 aliphatic heterocycles. The summed E-state index contributed by atoms with van der Waals surface area (Å²) >= 11 is 0. The van der Waals surface area contributed by atoms with Gasteiger partial charge in [-0.05, 0) is 93.9 Å². The van der Waals surface area contributed by atoms with Gasteiger partial charge in [0.25, 0.3) is 0 Å². The van der Waals surface area contributed by atoms with Crippen molar-refractivity contribution in [3.63, 3.8) is 0 Å². The largest absolute Gasteiger partial charge is 0.337 e. The maximum Gasteiger partial charge on any atom is 0.231 e. The van der Waals surface area contributed by atoms with E-state index in [2.05, 4.69) is 27.8 Å². The number of fused-ring (bicyclic) bond motifs is 1. The maximum atomic E-state index is 13.7. The van der Waals surface area contributed by atoms with Crippen LogP contribution in [0, 0.1) is 22.7 Å². The second kappa shape index (κ2) is 11.4. The highest BCUT2D eigenvalue weighted by molar-refractivity contribution is 5.94. The Morgan fingerprint density at radius 3 is 2.69 bits per heavy atom. The van der Waals surface area contributed by atoms with Crippen LogP contribution in [0.3, 0.4) is 0 Å². The molecule has 2 saturated heterocycles. The molecule has 1 aromatic heterocycles. The molecule has 4 heterocycles. The van der Waals surface area contributed by atoms with E-state index in [-0.39, 0.29) is 17.2 Å². The third kappa shape index (κ3) is 5.54. The molecule has 2 N–H and O–H groups in total. The summed E-state index contributed by atoms with van der Waals surface area (Å²) in [7, 11) is 0. The Hall–Kier alpha value is -2.99. The van der Waals surface area contributed by atoms with Crippen LogP contribution in [-0.4, -0.2) is 50.2 Å². The lowest BCUT2D eigenvalue weighted by atomic mass is 9.71. The normalized spacial score (nSPS) is 19.5. The number of rotatable bonds is 7. The molecular formula is C28H35N5O3. The molecule has 0 saturated carbocycles. The van der Waals surface area contributed by atoms with Crippen molar-refractivity contribution in [2.24, 2.45) is 11.3 Å². The fraction of sp³-hybridized carbons (Fsp3) is 0.536. The summed E-state index contributed by atoms with van der Waals surface area (Å²) in [6.45, 7) is 4.88. The van der Waals surface area contributed by atoms with Crippen LogP contribution in [0.15, 0.2) is 36.5 Å². The van der Waals surface area contributed by atoms with E-state index in [0.29, 0.717) is 24.5 Å². The predicted octanol–water partition coefficient (Wildman–Crippen LogP) is 3.15. The molecule has 0 aliphatic carbocycles. The molecule has 8 nitrogen and oxygen atoms in total. The number of aromatic nitrogens is 1. The molecule has 5 rings (SSSR count). The lowest BCUT2D eigenvalue weighted by Crippen LogP contribution is -2.45. The number of carbonyl (C=O) groups excluding carboxylic acids is 1. The van der Waals surface area contributed by atoms with Gasteiger partial charge < -0.3 is 15.5 Å². The second-order valence-electron chi connectivity index (χ2n) is 10.3. The Kier molecular flexibility index (Phi) is 7.81. The average Bonchev–Trinajstić information content (AvgIpc) is 2.94. The maximum absolute atomic E-state index is 13.7. The van der Waals surface area contributed by atoms with Crippen LogP contribution in [0.4, 0.5) is 5.82 Å². The third-order valence-electron chi connectivity index (χ3n) is 8.02. The van der Waals surface area contributed by atoms with E-state index in [4.69, 9.17) is 9.78 Å². The quantitative estimate of drug-likeness (QED) is 0.577. The fourth-order valence-corrected chi connectivity index (χ4v) is 5.85. The van der Waals surface area contributed by atoms with Gasteiger partial charge in [-0.1, -0.05) is 12.1 Å². The van der Waals surface area contributed by atoms with E-state index >= 15 is 0 Å². The molecule has 3 aliphatic rings. The minimum absolute atomic E-state index is 0.00552. The molecule has 0 unspecified atom stereocenters. The predicted molar refractivity (Wildman–Crippen MR) is 136 cm³/mol. The van der Waals surface area contributed by atoms with Gasteiger partial charge in [-0.15, -0.1) is 0 Å². The van der Waals surface area contributed by atoms with E-state index < -0.39 is 0 Å². The fourth-order valence-electron chi connectivity index (χ4n) is 5.85. The van der Waals surface area contributed by atoms with Crippen molar-refractivity contribution < 1.29 is 14.6 Å². The number of anilines is 1. The Labute approximate surface area is 212 Å². The summed E-state index contributed by atoms with van der Waals surface area (Å²) < 4.78 is 0. The van der Waals surface area contributed by atoms with Crippen molar-refractivity contribution in [2.75, 3.05) is 44.2 Å². The molecule has 2 aromatic rings. The van der Waals surface area contributed by atoms with Gasteiger partial charge in [-0.3, -0.25) is 9.69 Å². The van der Waals surface area contributed by atoms with Crippen LogP contribution in [0.5, 0.6) is 5.75 Å². The first kappa shape index (κ1) is 24.7. The number of nitrogens with one attached hydrogen (secondary N) is 2. The standard InChI is InChI=1S/C28H35N5O3/c29-19-21-4-5-26(32-20-21)33(27(34)22-6-12-30-13-7-22)16-11-28(9-14-31-15-10-28)18-23-2-1-3-25-24(23)8-17-35-36-25/h1-5,20,22,30-31H,6-18H2. The molecule has 0 bridgehead atoms. The first-order chi connectivity index (χ1) is 17.7. The number of pyridine rings is 1. The minimum atomic E-state index is 0.00552. The van der Waals surface area contributed by atoms with E-state index in [9.17, 15) is 10.1 Å². The summed E-state index contributed by atoms with van der Waals surface area (Å²) in [6.07, 6.45) is 8.09. The van der Waals surface area contributed by atoms with Crippen LogP contribution < -0.4 is 20.4 Å². The highest BCUT2D eigenvalue weighted by Crippen LogP contribution is 2.40. The van der Waals surface area contributed by atoms with Crippen molar-refractivity contribution in [3.05, 3.63) is 53.2 Å². The van der Waals surface area contributed by atoms with Crippen LogP contribution in [0.1, 0.15) is 48.8 Å². The molecule has 0 radical (unpaired) electrons. The Morgan fingerprint density at radius 1 is 1.14 bits per heavy atom. The molecule has 1 aromatic carbocycles. The van der Waals surface area contributed by atoms with Crippen molar-refractivity contribution >= 4 is 11.7 Å². The lowest BCUT2D eigenvalue weighted by Gasteiger charge is -2.40. The summed E-state index contributed by atoms with van der Waals surface area (Å²) in [4.78, 5) is 30.8. The highest BCUT2D eigenvalue weighted by atomic mass is 17.2. The lowest BCUT2D eigenvalue weighted by molar-refractivity contribution is -0.215. The molecule has 1 amide bonds. The van der Waals surface area contributed by atoms with E-state index in [0.717, 1.165) is 76.9 Å². The van der Waals surface area contributed by atoms with Gasteiger partial charge in [0.05, 0.1) is 12.2 Å². The number of amides is 1. The number of benzene rings is 1. The molecular weight excluding hydrogens is 454 g/mol. The highest BCUT2D eigenvalue weighted by Gasteiger charge is 2.36. The van der Waals surface area contributed by atoms with Gasteiger partial charge in [-0.25, -0.2) is 4.98 Å². The molecule has 36 heavy (non-hydrogen) atoms. The van der Waals surface area contributed by atoms with Gasteiger partial charge in [-0.2, -0.15) is 10.1 Å². The number of carbonyl (C=O) groups is 1. The van der Waals surface area contributed by atoms with Crippen molar-refractivity contribution in [1.82, 2.24) is 15.6 Å². The first-order valence-corrected chi connectivity index (χ1v) is 13.2. The number of hydrogen-bond donors (Lipinski definition) is 2. The summed E-state index contributed by atoms with van der Waals surface area (Å²) in [5, 5.41) is 16.1. The van der Waals surface area contributed by atoms with Crippen LogP contribution in [-0.2, 0) is 22.5 Å². The molecule has 0 atom stereocenters. The van der Waals surface area contributed by atoms with Gasteiger partial charge in [0, 0.05) is 30.6 Å². The van der Waals surface area contributed by atoms with Crippen molar-refractivity contribution in [3.8, 4) is 11.8 Å². The molecule has 8 heteroatoms. The number of nitrogens with zero attached hydrogens (tertiary/aromatic N) is 3. The molecule has 190 valence electrons. The summed E-state index contributed by atoms with van der Waals surface area (Å²) in [5.41, 5.74) is 3.16. The van der Waals surface area contributed by atoms with Crippen LogP contribution >= 0.6 is 0 Å². The Morgan fingerprint density at radius 2 is 1.94 bits per heavy atom. The van der Waals surface area contributed by atoms with Crippen molar-refractivity contribution in [1.29, 1.82) is 5.26 Å². The topological polar surface area (TPSA) is 99.5 Å². The van der Waals surface area contributed by atoms with Gasteiger partial charge in [0.15, 0.2) is 5.75 Å². The smallest absolute Gasteiger partial charge is 0.231 e. The zero-order valence-electron chi connectivity index (χ0n) is 20.8.